The number of aromatic nitrogens is 2. The average molecular weight is 160 g/mol. The normalized spacial score (nSPS) is 10.8. The van der Waals surface area contributed by atoms with E-state index < -0.39 is 0 Å². The zero-order valence-electron chi connectivity index (χ0n) is 7.39. The molecule has 0 aliphatic rings. The summed E-state index contributed by atoms with van der Waals surface area (Å²) in [5, 5.41) is 8.22. The number of aryl methyl sites for hydroxylation is 2. The molecule has 1 aromatic carbocycles. The number of hydrogen-bond acceptors (Lipinski definition) is 1. The summed E-state index contributed by atoms with van der Waals surface area (Å²) in [6.07, 6.45) is 2.98. The first-order chi connectivity index (χ1) is 5.83. The molecule has 0 amide bonds. The van der Waals surface area contributed by atoms with Crippen molar-refractivity contribution in [2.24, 2.45) is 0 Å². The number of fused-ring (bicyclic) bond motifs is 1. The predicted octanol–water partition coefficient (Wildman–Crippen LogP) is 2.43. The van der Waals surface area contributed by atoms with E-state index in [2.05, 4.69) is 36.2 Å². The van der Waals surface area contributed by atoms with E-state index in [0.717, 1.165) is 11.9 Å². The fourth-order valence-electron chi connectivity index (χ4n) is 1.59. The second kappa shape index (κ2) is 2.63. The van der Waals surface area contributed by atoms with Crippen LogP contribution in [0.4, 0.5) is 0 Å². The molecule has 1 aromatic heterocycles. The summed E-state index contributed by atoms with van der Waals surface area (Å²) in [4.78, 5) is 0. The Kier molecular flexibility index (Phi) is 1.61. The van der Waals surface area contributed by atoms with Crippen LogP contribution in [0, 0.1) is 6.92 Å². The van der Waals surface area contributed by atoms with Crippen LogP contribution in [0.15, 0.2) is 18.3 Å². The summed E-state index contributed by atoms with van der Waals surface area (Å²) in [5.41, 5.74) is 3.89. The highest BCUT2D eigenvalue weighted by Crippen LogP contribution is 2.19. The van der Waals surface area contributed by atoms with Gasteiger partial charge in [-0.1, -0.05) is 13.0 Å². The summed E-state index contributed by atoms with van der Waals surface area (Å²) in [6, 6.07) is 4.25. The SMILES string of the molecule is CCc1ccc2[nH]ncc2c1C. The molecule has 0 bridgehead atoms. The molecule has 2 aromatic rings. The van der Waals surface area contributed by atoms with Crippen molar-refractivity contribution >= 4 is 10.9 Å². The lowest BCUT2D eigenvalue weighted by atomic mass is 10.0. The fraction of sp³-hybridized carbons (Fsp3) is 0.300. The minimum Gasteiger partial charge on any atom is -0.278 e. The van der Waals surface area contributed by atoms with Crippen LogP contribution in [-0.2, 0) is 6.42 Å². The Morgan fingerprint density at radius 3 is 3.00 bits per heavy atom. The van der Waals surface area contributed by atoms with Crippen molar-refractivity contribution in [3.05, 3.63) is 29.5 Å². The summed E-state index contributed by atoms with van der Waals surface area (Å²) in [7, 11) is 0. The Morgan fingerprint density at radius 2 is 2.25 bits per heavy atom. The molecular weight excluding hydrogens is 148 g/mol. The number of nitrogens with zero attached hydrogens (tertiary/aromatic N) is 1. The van der Waals surface area contributed by atoms with Crippen LogP contribution in [0.3, 0.4) is 0 Å². The Balaban J connectivity index is 2.78. The van der Waals surface area contributed by atoms with Crippen LogP contribution < -0.4 is 0 Å². The van der Waals surface area contributed by atoms with E-state index in [1.165, 1.54) is 16.5 Å². The second-order valence-corrected chi connectivity index (χ2v) is 3.03. The number of H-pyrrole nitrogens is 1. The number of benzene rings is 1. The van der Waals surface area contributed by atoms with Crippen LogP contribution in [0.25, 0.3) is 10.9 Å². The van der Waals surface area contributed by atoms with Crippen LogP contribution in [-0.4, -0.2) is 10.2 Å². The van der Waals surface area contributed by atoms with Crippen LogP contribution >= 0.6 is 0 Å². The summed E-state index contributed by atoms with van der Waals surface area (Å²) in [6.45, 7) is 4.32. The third-order valence-electron chi connectivity index (χ3n) is 2.39. The monoisotopic (exact) mass is 160 g/mol. The van der Waals surface area contributed by atoms with Gasteiger partial charge < -0.3 is 0 Å². The molecule has 12 heavy (non-hydrogen) atoms. The maximum Gasteiger partial charge on any atom is 0.0653 e. The van der Waals surface area contributed by atoms with E-state index in [4.69, 9.17) is 0 Å². The third kappa shape index (κ3) is 0.916. The van der Waals surface area contributed by atoms with Gasteiger partial charge in [-0.2, -0.15) is 5.10 Å². The minimum absolute atomic E-state index is 1.09. The Morgan fingerprint density at radius 1 is 1.42 bits per heavy atom. The van der Waals surface area contributed by atoms with E-state index in [9.17, 15) is 0 Å². The van der Waals surface area contributed by atoms with Crippen molar-refractivity contribution in [2.45, 2.75) is 20.3 Å². The number of nitrogens with one attached hydrogen (secondary N) is 1. The molecule has 0 saturated heterocycles. The van der Waals surface area contributed by atoms with E-state index in [1.807, 2.05) is 6.20 Å². The van der Waals surface area contributed by atoms with Gasteiger partial charge >= 0.3 is 0 Å². The Labute approximate surface area is 71.6 Å². The van der Waals surface area contributed by atoms with Gasteiger partial charge in [0, 0.05) is 5.39 Å². The van der Waals surface area contributed by atoms with Crippen molar-refractivity contribution in [3.63, 3.8) is 0 Å². The van der Waals surface area contributed by atoms with Crippen LogP contribution in [0.2, 0.25) is 0 Å². The molecule has 0 radical (unpaired) electrons. The molecule has 62 valence electrons. The second-order valence-electron chi connectivity index (χ2n) is 3.03. The molecule has 1 heterocycles. The summed E-state index contributed by atoms with van der Waals surface area (Å²) < 4.78 is 0. The molecule has 2 heteroatoms. The molecule has 0 spiro atoms. The van der Waals surface area contributed by atoms with Gasteiger partial charge in [-0.3, -0.25) is 5.10 Å². The highest BCUT2D eigenvalue weighted by Gasteiger charge is 2.02. The van der Waals surface area contributed by atoms with Crippen molar-refractivity contribution in [1.29, 1.82) is 0 Å². The third-order valence-corrected chi connectivity index (χ3v) is 2.39. The predicted molar refractivity (Wildman–Crippen MR) is 50.2 cm³/mol. The maximum absolute atomic E-state index is 4.01. The van der Waals surface area contributed by atoms with Crippen molar-refractivity contribution in [2.75, 3.05) is 0 Å². The highest BCUT2D eigenvalue weighted by molar-refractivity contribution is 5.82. The average Bonchev–Trinajstić information content (AvgIpc) is 2.53. The van der Waals surface area contributed by atoms with Crippen LogP contribution in [0.5, 0.6) is 0 Å². The molecule has 2 rings (SSSR count). The lowest BCUT2D eigenvalue weighted by molar-refractivity contribution is 1.11. The van der Waals surface area contributed by atoms with E-state index in [0.29, 0.717) is 0 Å². The molecular formula is C10H12N2. The van der Waals surface area contributed by atoms with E-state index >= 15 is 0 Å². The van der Waals surface area contributed by atoms with Gasteiger partial charge in [0.05, 0.1) is 11.7 Å². The number of rotatable bonds is 1. The van der Waals surface area contributed by atoms with Crippen LogP contribution in [0.1, 0.15) is 18.1 Å². The zero-order chi connectivity index (χ0) is 8.55. The van der Waals surface area contributed by atoms with Gasteiger partial charge in [-0.15, -0.1) is 0 Å². The van der Waals surface area contributed by atoms with Gasteiger partial charge in [0.15, 0.2) is 0 Å². The molecule has 2 nitrogen and oxygen atoms in total. The van der Waals surface area contributed by atoms with Gasteiger partial charge in [0.25, 0.3) is 0 Å². The quantitative estimate of drug-likeness (QED) is 0.682. The standard InChI is InChI=1S/C10H12N2/c1-3-8-4-5-10-9(7(8)2)6-11-12-10/h4-6H,3H2,1-2H3,(H,11,12). The molecule has 0 saturated carbocycles. The minimum atomic E-state index is 1.09. The molecule has 0 fully saturated rings. The highest BCUT2D eigenvalue weighted by atomic mass is 15.1. The van der Waals surface area contributed by atoms with Gasteiger partial charge in [-0.05, 0) is 30.5 Å². The molecule has 0 aliphatic heterocycles. The zero-order valence-corrected chi connectivity index (χ0v) is 7.39. The lowest BCUT2D eigenvalue weighted by Crippen LogP contribution is -1.85. The molecule has 1 N–H and O–H groups in total. The molecule has 0 unspecified atom stereocenters. The first kappa shape index (κ1) is 7.35. The van der Waals surface area contributed by atoms with Gasteiger partial charge in [-0.25, -0.2) is 0 Å². The summed E-state index contributed by atoms with van der Waals surface area (Å²) in [5.74, 6) is 0. The van der Waals surface area contributed by atoms with Gasteiger partial charge in [0.2, 0.25) is 0 Å². The number of hydrogen-bond donors (Lipinski definition) is 1. The van der Waals surface area contributed by atoms with Crippen molar-refractivity contribution in [3.8, 4) is 0 Å². The number of aromatic amines is 1. The summed E-state index contributed by atoms with van der Waals surface area (Å²) >= 11 is 0. The van der Waals surface area contributed by atoms with Crippen molar-refractivity contribution < 1.29 is 0 Å². The maximum atomic E-state index is 4.01. The van der Waals surface area contributed by atoms with Crippen molar-refractivity contribution in [1.82, 2.24) is 10.2 Å². The largest absolute Gasteiger partial charge is 0.278 e. The smallest absolute Gasteiger partial charge is 0.0653 e. The fourth-order valence-corrected chi connectivity index (χ4v) is 1.59. The van der Waals surface area contributed by atoms with Gasteiger partial charge in [0.1, 0.15) is 0 Å². The topological polar surface area (TPSA) is 28.7 Å². The van der Waals surface area contributed by atoms with E-state index in [1.54, 1.807) is 0 Å². The molecule has 0 atom stereocenters. The lowest BCUT2D eigenvalue weighted by Gasteiger charge is -2.02. The van der Waals surface area contributed by atoms with E-state index in [-0.39, 0.29) is 0 Å². The molecule has 0 aliphatic carbocycles. The first-order valence-corrected chi connectivity index (χ1v) is 4.24. The Hall–Kier alpha value is -1.31. The Bertz CT molecular complexity index is 401. The first-order valence-electron chi connectivity index (χ1n) is 4.24.